The summed E-state index contributed by atoms with van der Waals surface area (Å²) in [6, 6.07) is 18.7. The Bertz CT molecular complexity index is 811. The smallest absolute Gasteiger partial charge is 0.191 e. The van der Waals surface area contributed by atoms with Crippen LogP contribution in [0.4, 0.5) is 0 Å². The van der Waals surface area contributed by atoms with Crippen LogP contribution >= 0.6 is 24.0 Å². The van der Waals surface area contributed by atoms with Crippen LogP contribution in [0.25, 0.3) is 11.0 Å². The lowest BCUT2D eigenvalue weighted by molar-refractivity contribution is 0.723. The maximum Gasteiger partial charge on any atom is 0.191 e. The van der Waals surface area contributed by atoms with Gasteiger partial charge in [-0.05, 0) is 43.9 Å². The largest absolute Gasteiger partial charge is 0.357 e. The van der Waals surface area contributed by atoms with E-state index < -0.39 is 0 Å². The highest BCUT2D eigenvalue weighted by Crippen LogP contribution is 2.11. The molecule has 0 atom stereocenters. The van der Waals surface area contributed by atoms with E-state index in [0.717, 1.165) is 68.1 Å². The van der Waals surface area contributed by atoms with E-state index in [1.165, 1.54) is 5.56 Å². The van der Waals surface area contributed by atoms with E-state index in [-0.39, 0.29) is 24.0 Å². The van der Waals surface area contributed by atoms with E-state index in [4.69, 9.17) is 0 Å². The Labute approximate surface area is 184 Å². The van der Waals surface area contributed by atoms with Crippen molar-refractivity contribution in [1.29, 1.82) is 0 Å². The van der Waals surface area contributed by atoms with Crippen LogP contribution in [0.2, 0.25) is 0 Å². The number of para-hydroxylation sites is 2. The van der Waals surface area contributed by atoms with Crippen molar-refractivity contribution in [2.24, 2.45) is 4.99 Å². The van der Waals surface area contributed by atoms with Gasteiger partial charge >= 0.3 is 0 Å². The van der Waals surface area contributed by atoms with Crippen molar-refractivity contribution in [2.45, 2.75) is 32.6 Å². The van der Waals surface area contributed by atoms with Gasteiger partial charge in [0.15, 0.2) is 5.96 Å². The predicted octanol–water partition coefficient (Wildman–Crippen LogP) is 4.30. The van der Waals surface area contributed by atoms with Gasteiger partial charge in [0.05, 0.1) is 11.0 Å². The van der Waals surface area contributed by atoms with Gasteiger partial charge in [0.2, 0.25) is 0 Å². The van der Waals surface area contributed by atoms with E-state index >= 15 is 0 Å². The molecule has 3 rings (SSSR count). The highest BCUT2D eigenvalue weighted by atomic mass is 127. The third kappa shape index (κ3) is 7.14. The number of imidazole rings is 1. The first-order valence-corrected chi connectivity index (χ1v) is 9.85. The fourth-order valence-corrected chi connectivity index (χ4v) is 3.05. The summed E-state index contributed by atoms with van der Waals surface area (Å²) < 4.78 is 0. The molecule has 0 amide bonds. The molecule has 0 bridgehead atoms. The van der Waals surface area contributed by atoms with Crippen molar-refractivity contribution in [1.82, 2.24) is 20.6 Å². The molecule has 2 aromatic carbocycles. The molecule has 150 valence electrons. The molecule has 5 nitrogen and oxygen atoms in total. The minimum absolute atomic E-state index is 0. The first kappa shape index (κ1) is 22.2. The fourth-order valence-electron chi connectivity index (χ4n) is 3.05. The van der Waals surface area contributed by atoms with Gasteiger partial charge < -0.3 is 15.6 Å². The number of nitrogens with one attached hydrogen (secondary N) is 3. The van der Waals surface area contributed by atoms with Crippen LogP contribution < -0.4 is 10.6 Å². The maximum atomic E-state index is 4.68. The Balaban J connectivity index is 0.00000280. The lowest BCUT2D eigenvalue weighted by Gasteiger charge is -2.11. The second-order valence-corrected chi connectivity index (χ2v) is 6.58. The number of nitrogens with zero attached hydrogens (tertiary/aromatic N) is 2. The van der Waals surface area contributed by atoms with Crippen LogP contribution in [0.5, 0.6) is 0 Å². The first-order valence-electron chi connectivity index (χ1n) is 9.85. The Morgan fingerprint density at radius 3 is 2.54 bits per heavy atom. The molecule has 3 aromatic rings. The molecule has 0 saturated carbocycles. The number of aromatic nitrogens is 2. The van der Waals surface area contributed by atoms with Gasteiger partial charge in [-0.1, -0.05) is 42.5 Å². The van der Waals surface area contributed by atoms with Crippen molar-refractivity contribution in [3.05, 3.63) is 66.0 Å². The fraction of sp³-hybridized carbons (Fsp3) is 0.364. The Morgan fingerprint density at radius 1 is 0.964 bits per heavy atom. The number of benzene rings is 2. The highest BCUT2D eigenvalue weighted by molar-refractivity contribution is 14.0. The van der Waals surface area contributed by atoms with Gasteiger partial charge in [-0.15, -0.1) is 24.0 Å². The minimum Gasteiger partial charge on any atom is -0.357 e. The maximum absolute atomic E-state index is 4.68. The highest BCUT2D eigenvalue weighted by Gasteiger charge is 2.02. The van der Waals surface area contributed by atoms with Crippen LogP contribution in [0, 0.1) is 0 Å². The topological polar surface area (TPSA) is 65.1 Å². The molecule has 1 heterocycles. The molecular weight excluding hydrogens is 461 g/mol. The van der Waals surface area contributed by atoms with Gasteiger partial charge in [-0.25, -0.2) is 4.98 Å². The number of aryl methyl sites for hydroxylation is 2. The zero-order valence-electron chi connectivity index (χ0n) is 16.4. The van der Waals surface area contributed by atoms with Crippen LogP contribution in [0.1, 0.15) is 31.2 Å². The second kappa shape index (κ2) is 12.4. The van der Waals surface area contributed by atoms with Gasteiger partial charge in [0.1, 0.15) is 5.82 Å². The Morgan fingerprint density at radius 2 is 1.75 bits per heavy atom. The summed E-state index contributed by atoms with van der Waals surface area (Å²) in [5.74, 6) is 1.94. The number of aliphatic imine (C=N–C) groups is 1. The molecule has 0 radical (unpaired) electrons. The number of fused-ring (bicyclic) bond motifs is 1. The lowest BCUT2D eigenvalue weighted by Crippen LogP contribution is -2.38. The Kier molecular flexibility index (Phi) is 9.82. The van der Waals surface area contributed by atoms with Crippen molar-refractivity contribution in [2.75, 3.05) is 19.6 Å². The number of guanidine groups is 1. The first-order chi connectivity index (χ1) is 13.3. The third-order valence-corrected chi connectivity index (χ3v) is 4.40. The predicted molar refractivity (Wildman–Crippen MR) is 129 cm³/mol. The van der Waals surface area contributed by atoms with Gasteiger partial charge in [-0.3, -0.25) is 4.99 Å². The molecule has 0 fully saturated rings. The summed E-state index contributed by atoms with van der Waals surface area (Å²) in [4.78, 5) is 12.7. The van der Waals surface area contributed by atoms with E-state index in [9.17, 15) is 0 Å². The normalized spacial score (nSPS) is 11.2. The van der Waals surface area contributed by atoms with E-state index in [1.54, 1.807) is 0 Å². The molecule has 0 aliphatic rings. The van der Waals surface area contributed by atoms with Crippen molar-refractivity contribution < 1.29 is 0 Å². The standard InChI is InChI=1S/C22H29N5.HI/c1-2-23-22(24-16-8-12-18-10-4-3-5-11-18)25-17-9-15-21-26-19-13-6-7-14-20(19)27-21;/h3-7,10-11,13-14H,2,8-9,12,15-17H2,1H3,(H,26,27)(H2,23,24,25);1H. The van der Waals surface area contributed by atoms with Crippen molar-refractivity contribution >= 4 is 41.0 Å². The monoisotopic (exact) mass is 491 g/mol. The summed E-state index contributed by atoms with van der Waals surface area (Å²) in [5.41, 5.74) is 3.51. The molecular formula is C22H30IN5. The van der Waals surface area contributed by atoms with Crippen molar-refractivity contribution in [3.8, 4) is 0 Å². The summed E-state index contributed by atoms with van der Waals surface area (Å²) in [6.45, 7) is 4.67. The number of H-pyrrole nitrogens is 1. The number of hydrogen-bond donors (Lipinski definition) is 3. The van der Waals surface area contributed by atoms with Crippen LogP contribution in [0.3, 0.4) is 0 Å². The lowest BCUT2D eigenvalue weighted by atomic mass is 10.1. The third-order valence-electron chi connectivity index (χ3n) is 4.40. The molecule has 6 heteroatoms. The summed E-state index contributed by atoms with van der Waals surface area (Å²) in [5, 5.41) is 6.74. The summed E-state index contributed by atoms with van der Waals surface area (Å²) in [6.07, 6.45) is 4.05. The molecule has 0 aliphatic heterocycles. The molecule has 0 unspecified atom stereocenters. The van der Waals surface area contributed by atoms with Gasteiger partial charge in [0, 0.05) is 26.1 Å². The van der Waals surface area contributed by atoms with Crippen LogP contribution in [0.15, 0.2) is 59.6 Å². The second-order valence-electron chi connectivity index (χ2n) is 6.58. The zero-order valence-corrected chi connectivity index (χ0v) is 18.8. The van der Waals surface area contributed by atoms with Gasteiger partial charge in [-0.2, -0.15) is 0 Å². The average molecular weight is 491 g/mol. The van der Waals surface area contributed by atoms with E-state index in [2.05, 4.69) is 68.9 Å². The quantitative estimate of drug-likeness (QED) is 0.181. The number of aromatic amines is 1. The SMILES string of the molecule is CCNC(=NCCCc1ccccc1)NCCCc1nc2ccccc2[nH]1.I. The number of hydrogen-bond acceptors (Lipinski definition) is 2. The van der Waals surface area contributed by atoms with E-state index in [1.807, 2.05) is 18.2 Å². The summed E-state index contributed by atoms with van der Waals surface area (Å²) in [7, 11) is 0. The van der Waals surface area contributed by atoms with Crippen LogP contribution in [-0.2, 0) is 12.8 Å². The summed E-state index contributed by atoms with van der Waals surface area (Å²) >= 11 is 0. The van der Waals surface area contributed by atoms with Crippen LogP contribution in [-0.4, -0.2) is 35.6 Å². The molecule has 3 N–H and O–H groups in total. The van der Waals surface area contributed by atoms with Gasteiger partial charge in [0.25, 0.3) is 0 Å². The van der Waals surface area contributed by atoms with E-state index in [0.29, 0.717) is 0 Å². The number of rotatable bonds is 9. The minimum atomic E-state index is 0. The molecule has 0 saturated heterocycles. The average Bonchev–Trinajstić information content (AvgIpc) is 3.12. The number of halogens is 1. The van der Waals surface area contributed by atoms with Crippen molar-refractivity contribution in [3.63, 3.8) is 0 Å². The molecule has 0 aliphatic carbocycles. The Hall–Kier alpha value is -2.09. The molecule has 28 heavy (non-hydrogen) atoms. The molecule has 1 aromatic heterocycles. The molecule has 0 spiro atoms. The zero-order chi connectivity index (χ0) is 18.7.